The van der Waals surface area contributed by atoms with E-state index in [2.05, 4.69) is 44.7 Å². The molecule has 9 heteroatoms. The summed E-state index contributed by atoms with van der Waals surface area (Å²) < 4.78 is 5.52. The molecule has 0 aromatic carbocycles. The lowest BCUT2D eigenvalue weighted by atomic mass is 10.0. The SMILES string of the molecule is CN=C(NCCc1csc(N2CCCC2)n1)NCC(CC(C)C)N1CCOCC1.I. The van der Waals surface area contributed by atoms with Crippen molar-refractivity contribution in [2.75, 3.05) is 64.4 Å². The number of anilines is 1. The van der Waals surface area contributed by atoms with Gasteiger partial charge in [-0.25, -0.2) is 4.98 Å². The topological polar surface area (TPSA) is 65.0 Å². The van der Waals surface area contributed by atoms with Gasteiger partial charge in [0.05, 0.1) is 18.9 Å². The molecule has 30 heavy (non-hydrogen) atoms. The first kappa shape index (κ1) is 25.6. The summed E-state index contributed by atoms with van der Waals surface area (Å²) in [5, 5.41) is 10.4. The fourth-order valence-electron chi connectivity index (χ4n) is 4.06. The molecule has 0 spiro atoms. The maximum absolute atomic E-state index is 5.52. The lowest BCUT2D eigenvalue weighted by molar-refractivity contribution is 0.0132. The van der Waals surface area contributed by atoms with Gasteiger partial charge in [0.15, 0.2) is 11.1 Å². The van der Waals surface area contributed by atoms with Crippen molar-refractivity contribution >= 4 is 46.4 Å². The van der Waals surface area contributed by atoms with E-state index in [1.807, 2.05) is 7.05 Å². The number of rotatable bonds is 9. The molecule has 2 N–H and O–H groups in total. The summed E-state index contributed by atoms with van der Waals surface area (Å²) in [6, 6.07) is 0.513. The van der Waals surface area contributed by atoms with Crippen LogP contribution in [0.2, 0.25) is 0 Å². The Labute approximate surface area is 203 Å². The summed E-state index contributed by atoms with van der Waals surface area (Å²) in [5.74, 6) is 1.55. The smallest absolute Gasteiger partial charge is 0.191 e. The van der Waals surface area contributed by atoms with E-state index in [0.29, 0.717) is 12.0 Å². The maximum Gasteiger partial charge on any atom is 0.191 e. The lowest BCUT2D eigenvalue weighted by Crippen LogP contribution is -2.51. The van der Waals surface area contributed by atoms with Gasteiger partial charge in [0.1, 0.15) is 0 Å². The number of halogens is 1. The molecule has 2 fully saturated rings. The summed E-state index contributed by atoms with van der Waals surface area (Å²) in [6.45, 7) is 12.4. The number of aliphatic imine (C=N–C) groups is 1. The molecule has 1 aromatic heterocycles. The Morgan fingerprint density at radius 3 is 2.60 bits per heavy atom. The van der Waals surface area contributed by atoms with Crippen molar-refractivity contribution < 1.29 is 4.74 Å². The second-order valence-corrected chi connectivity index (χ2v) is 9.21. The predicted octanol–water partition coefficient (Wildman–Crippen LogP) is 2.82. The third-order valence-corrected chi connectivity index (χ3v) is 6.57. The summed E-state index contributed by atoms with van der Waals surface area (Å²) >= 11 is 1.77. The molecule has 2 aliphatic heterocycles. The van der Waals surface area contributed by atoms with Crippen LogP contribution < -0.4 is 15.5 Å². The highest BCUT2D eigenvalue weighted by molar-refractivity contribution is 14.0. The van der Waals surface area contributed by atoms with Crippen LogP contribution in [0, 0.1) is 5.92 Å². The Morgan fingerprint density at radius 2 is 1.93 bits per heavy atom. The highest BCUT2D eigenvalue weighted by Crippen LogP contribution is 2.24. The molecule has 0 radical (unpaired) electrons. The third kappa shape index (κ3) is 8.12. The Balaban J connectivity index is 0.00000320. The van der Waals surface area contributed by atoms with Gasteiger partial charge in [-0.05, 0) is 25.2 Å². The van der Waals surface area contributed by atoms with Crippen LogP contribution in [-0.2, 0) is 11.2 Å². The zero-order chi connectivity index (χ0) is 20.5. The van der Waals surface area contributed by atoms with Crippen LogP contribution in [0.3, 0.4) is 0 Å². The number of aromatic nitrogens is 1. The van der Waals surface area contributed by atoms with Gasteiger partial charge in [-0.3, -0.25) is 9.89 Å². The monoisotopic (exact) mass is 550 g/mol. The van der Waals surface area contributed by atoms with Crippen molar-refractivity contribution in [3.05, 3.63) is 11.1 Å². The molecule has 172 valence electrons. The van der Waals surface area contributed by atoms with Crippen LogP contribution >= 0.6 is 35.3 Å². The van der Waals surface area contributed by atoms with E-state index in [1.165, 1.54) is 30.1 Å². The average Bonchev–Trinajstić information content (AvgIpc) is 3.41. The second kappa shape index (κ2) is 13.7. The zero-order valence-corrected chi connectivity index (χ0v) is 21.9. The molecule has 0 aliphatic carbocycles. The molecular weight excluding hydrogens is 511 g/mol. The van der Waals surface area contributed by atoms with Crippen LogP contribution in [0.4, 0.5) is 5.13 Å². The largest absolute Gasteiger partial charge is 0.379 e. The average molecular weight is 551 g/mol. The summed E-state index contributed by atoms with van der Waals surface area (Å²) in [7, 11) is 1.84. The highest BCUT2D eigenvalue weighted by atomic mass is 127. The Bertz CT molecular complexity index is 629. The normalized spacial score (nSPS) is 19.1. The quantitative estimate of drug-likeness (QED) is 0.280. The van der Waals surface area contributed by atoms with Gasteiger partial charge in [0, 0.05) is 64.2 Å². The minimum absolute atomic E-state index is 0. The van der Waals surface area contributed by atoms with Crippen molar-refractivity contribution in [3.63, 3.8) is 0 Å². The minimum Gasteiger partial charge on any atom is -0.379 e. The summed E-state index contributed by atoms with van der Waals surface area (Å²) in [4.78, 5) is 14.2. The number of nitrogens with one attached hydrogen (secondary N) is 2. The third-order valence-electron chi connectivity index (χ3n) is 5.62. The lowest BCUT2D eigenvalue weighted by Gasteiger charge is -2.35. The Hall–Kier alpha value is -0.650. The van der Waals surface area contributed by atoms with Crippen LogP contribution in [0.25, 0.3) is 0 Å². The zero-order valence-electron chi connectivity index (χ0n) is 18.7. The number of hydrogen-bond acceptors (Lipinski definition) is 6. The maximum atomic E-state index is 5.52. The molecule has 2 saturated heterocycles. The molecule has 0 saturated carbocycles. The molecule has 2 aliphatic rings. The van der Waals surface area contributed by atoms with E-state index in [9.17, 15) is 0 Å². The van der Waals surface area contributed by atoms with Gasteiger partial charge < -0.3 is 20.3 Å². The first-order chi connectivity index (χ1) is 14.2. The van der Waals surface area contributed by atoms with Gasteiger partial charge in [-0.1, -0.05) is 13.8 Å². The number of hydrogen-bond donors (Lipinski definition) is 2. The van der Waals surface area contributed by atoms with Crippen LogP contribution in [0.5, 0.6) is 0 Å². The summed E-state index contributed by atoms with van der Waals surface area (Å²) in [6.07, 6.45) is 4.69. The summed E-state index contributed by atoms with van der Waals surface area (Å²) in [5.41, 5.74) is 1.17. The number of guanidine groups is 1. The van der Waals surface area contributed by atoms with Crippen LogP contribution in [0.1, 0.15) is 38.8 Å². The number of nitrogens with zero attached hydrogens (tertiary/aromatic N) is 4. The second-order valence-electron chi connectivity index (χ2n) is 8.38. The molecule has 1 aromatic rings. The highest BCUT2D eigenvalue weighted by Gasteiger charge is 2.22. The van der Waals surface area contributed by atoms with Crippen molar-refractivity contribution in [3.8, 4) is 0 Å². The van der Waals surface area contributed by atoms with E-state index >= 15 is 0 Å². The first-order valence-corrected chi connectivity index (χ1v) is 12.0. The molecule has 0 amide bonds. The van der Waals surface area contributed by atoms with Crippen LogP contribution in [0.15, 0.2) is 10.4 Å². The van der Waals surface area contributed by atoms with Gasteiger partial charge in [-0.15, -0.1) is 35.3 Å². The van der Waals surface area contributed by atoms with Gasteiger partial charge >= 0.3 is 0 Å². The van der Waals surface area contributed by atoms with E-state index in [0.717, 1.165) is 64.9 Å². The molecule has 3 heterocycles. The molecule has 3 rings (SSSR count). The molecule has 7 nitrogen and oxygen atoms in total. The van der Waals surface area contributed by atoms with Crippen molar-refractivity contribution in [2.24, 2.45) is 10.9 Å². The van der Waals surface area contributed by atoms with E-state index in [-0.39, 0.29) is 24.0 Å². The number of thiazole rings is 1. The molecule has 1 unspecified atom stereocenters. The molecular formula is C21H39IN6OS. The van der Waals surface area contributed by atoms with Crippen molar-refractivity contribution in [1.29, 1.82) is 0 Å². The predicted molar refractivity (Wildman–Crippen MR) is 138 cm³/mol. The fraction of sp³-hybridized carbons (Fsp3) is 0.810. The molecule has 0 bridgehead atoms. The van der Waals surface area contributed by atoms with Crippen LogP contribution in [-0.4, -0.2) is 81.4 Å². The number of morpholine rings is 1. The standard InChI is InChI=1S/C21H38N6OS.HI/c1-17(2)14-19(26-10-12-28-13-11-26)15-24-20(22-3)23-7-6-18-16-29-21(25-18)27-8-4-5-9-27;/h16-17,19H,4-15H2,1-3H3,(H2,22,23,24);1H. The molecule has 1 atom stereocenters. The minimum atomic E-state index is 0. The van der Waals surface area contributed by atoms with Gasteiger partial charge in [0.2, 0.25) is 0 Å². The van der Waals surface area contributed by atoms with Gasteiger partial charge in [0.25, 0.3) is 0 Å². The van der Waals surface area contributed by atoms with Crippen molar-refractivity contribution in [1.82, 2.24) is 20.5 Å². The van der Waals surface area contributed by atoms with Crippen molar-refractivity contribution in [2.45, 2.75) is 45.6 Å². The van der Waals surface area contributed by atoms with E-state index in [4.69, 9.17) is 9.72 Å². The fourth-order valence-corrected chi connectivity index (χ4v) is 4.97. The first-order valence-electron chi connectivity index (χ1n) is 11.1. The Morgan fingerprint density at radius 1 is 1.20 bits per heavy atom. The number of ether oxygens (including phenoxy) is 1. The van der Waals surface area contributed by atoms with E-state index in [1.54, 1.807) is 11.3 Å². The van der Waals surface area contributed by atoms with E-state index < -0.39 is 0 Å². The Kier molecular flexibility index (Phi) is 11.7. The van der Waals surface area contributed by atoms with Gasteiger partial charge in [-0.2, -0.15) is 0 Å².